The van der Waals surface area contributed by atoms with Gasteiger partial charge in [-0.15, -0.1) is 11.3 Å². The number of para-hydroxylation sites is 1. The molecule has 0 radical (unpaired) electrons. The molecule has 0 unspecified atom stereocenters. The summed E-state index contributed by atoms with van der Waals surface area (Å²) < 4.78 is 5.60. The number of ether oxygens (including phenoxy) is 1. The van der Waals surface area contributed by atoms with Crippen molar-refractivity contribution in [3.8, 4) is 10.4 Å². The second-order valence-corrected chi connectivity index (χ2v) is 10.8. The summed E-state index contributed by atoms with van der Waals surface area (Å²) in [6.45, 7) is 5.61. The molecule has 3 aromatic rings. The average molecular weight is 503 g/mol. The van der Waals surface area contributed by atoms with Crippen LogP contribution in [-0.2, 0) is 11.2 Å². The molecule has 7 nitrogen and oxygen atoms in total. The Hall–Kier alpha value is -3.23. The third-order valence-electron chi connectivity index (χ3n) is 6.96. The minimum atomic E-state index is -0.0969. The molecule has 2 fully saturated rings. The minimum Gasteiger partial charge on any atom is -0.380 e. The number of hydrogen-bond acceptors (Lipinski definition) is 6. The Kier molecular flexibility index (Phi) is 6.23. The van der Waals surface area contributed by atoms with E-state index in [0.29, 0.717) is 31.3 Å². The molecule has 8 heteroatoms. The SMILES string of the molecule is Cc1cc(C(=O)N2CCc3cc(C(=O)NC4CC4)sc3-c3ccccc32)nc(N2CCCOCC2)c1. The molecule has 1 N–H and O–H groups in total. The van der Waals surface area contributed by atoms with Gasteiger partial charge in [-0.3, -0.25) is 9.59 Å². The fraction of sp³-hybridized carbons (Fsp3) is 0.393. The molecule has 1 aliphatic carbocycles. The number of anilines is 2. The molecule has 2 amide bonds. The number of amides is 2. The van der Waals surface area contributed by atoms with Gasteiger partial charge in [0, 0.05) is 42.7 Å². The van der Waals surface area contributed by atoms with Crippen molar-refractivity contribution < 1.29 is 14.3 Å². The third kappa shape index (κ3) is 4.63. The molecule has 1 saturated carbocycles. The van der Waals surface area contributed by atoms with E-state index >= 15 is 0 Å². The Morgan fingerprint density at radius 3 is 2.81 bits per heavy atom. The van der Waals surface area contributed by atoms with Gasteiger partial charge < -0.3 is 19.9 Å². The Balaban J connectivity index is 1.32. The van der Waals surface area contributed by atoms with Crippen LogP contribution in [0.15, 0.2) is 42.5 Å². The van der Waals surface area contributed by atoms with Crippen LogP contribution in [0.1, 0.15) is 50.5 Å². The molecule has 1 saturated heterocycles. The first-order valence-electron chi connectivity index (χ1n) is 12.7. The molecule has 2 aromatic heterocycles. The van der Waals surface area contributed by atoms with Crippen LogP contribution in [0.5, 0.6) is 0 Å². The molecule has 186 valence electrons. The van der Waals surface area contributed by atoms with Crippen LogP contribution in [0.4, 0.5) is 11.5 Å². The van der Waals surface area contributed by atoms with Crippen molar-refractivity contribution in [2.24, 2.45) is 0 Å². The molecular formula is C28H30N4O3S. The van der Waals surface area contributed by atoms with Crippen molar-refractivity contribution in [1.82, 2.24) is 10.3 Å². The standard InChI is InChI=1S/C28H30N4O3S/c1-18-15-22(30-25(16-18)31-10-4-13-35-14-12-31)28(34)32-11-9-19-17-24(27(33)29-20-7-8-20)36-26(19)21-5-2-3-6-23(21)32/h2-3,5-6,15-17,20H,4,7-14H2,1H3,(H,29,33). The van der Waals surface area contributed by atoms with Crippen LogP contribution in [0.2, 0.25) is 0 Å². The number of thiophene rings is 1. The first-order valence-corrected chi connectivity index (χ1v) is 13.5. The van der Waals surface area contributed by atoms with Crippen molar-refractivity contribution in [3.05, 3.63) is 64.2 Å². The van der Waals surface area contributed by atoms with Crippen molar-refractivity contribution in [3.63, 3.8) is 0 Å². The quantitative estimate of drug-likeness (QED) is 0.571. The van der Waals surface area contributed by atoms with Gasteiger partial charge in [-0.25, -0.2) is 4.98 Å². The zero-order chi connectivity index (χ0) is 24.6. The number of aromatic nitrogens is 1. The Morgan fingerprint density at radius 2 is 1.94 bits per heavy atom. The van der Waals surface area contributed by atoms with E-state index in [2.05, 4.69) is 10.2 Å². The number of hydrogen-bond donors (Lipinski definition) is 1. The summed E-state index contributed by atoms with van der Waals surface area (Å²) in [5.74, 6) is 0.745. The zero-order valence-electron chi connectivity index (χ0n) is 20.5. The van der Waals surface area contributed by atoms with Crippen LogP contribution in [0.3, 0.4) is 0 Å². The largest absolute Gasteiger partial charge is 0.380 e. The molecule has 2 aliphatic heterocycles. The van der Waals surface area contributed by atoms with E-state index in [0.717, 1.165) is 76.9 Å². The lowest BCUT2D eigenvalue weighted by Crippen LogP contribution is -2.34. The number of nitrogens with zero attached hydrogens (tertiary/aromatic N) is 3. The van der Waals surface area contributed by atoms with Gasteiger partial charge in [-0.05, 0) is 68.0 Å². The van der Waals surface area contributed by atoms with Crippen LogP contribution in [-0.4, -0.2) is 55.7 Å². The molecule has 6 rings (SSSR count). The van der Waals surface area contributed by atoms with Crippen LogP contribution >= 0.6 is 11.3 Å². The molecule has 36 heavy (non-hydrogen) atoms. The maximum atomic E-state index is 13.9. The van der Waals surface area contributed by atoms with Gasteiger partial charge in [0.1, 0.15) is 11.5 Å². The van der Waals surface area contributed by atoms with Crippen molar-refractivity contribution in [1.29, 1.82) is 0 Å². The van der Waals surface area contributed by atoms with E-state index in [-0.39, 0.29) is 11.8 Å². The highest BCUT2D eigenvalue weighted by molar-refractivity contribution is 7.17. The minimum absolute atomic E-state index is 0.0105. The zero-order valence-corrected chi connectivity index (χ0v) is 21.3. The van der Waals surface area contributed by atoms with Gasteiger partial charge in [-0.1, -0.05) is 18.2 Å². The van der Waals surface area contributed by atoms with E-state index in [9.17, 15) is 9.59 Å². The van der Waals surface area contributed by atoms with E-state index in [1.165, 1.54) is 11.3 Å². The summed E-state index contributed by atoms with van der Waals surface area (Å²) in [5.41, 5.74) is 4.45. The van der Waals surface area contributed by atoms with Gasteiger partial charge in [0.05, 0.1) is 17.2 Å². The number of aryl methyl sites for hydroxylation is 1. The molecule has 0 spiro atoms. The summed E-state index contributed by atoms with van der Waals surface area (Å²) in [6.07, 6.45) is 3.76. The van der Waals surface area contributed by atoms with E-state index in [1.54, 1.807) is 0 Å². The topological polar surface area (TPSA) is 74.8 Å². The summed E-state index contributed by atoms with van der Waals surface area (Å²) in [4.78, 5) is 37.3. The van der Waals surface area contributed by atoms with E-state index in [4.69, 9.17) is 9.72 Å². The van der Waals surface area contributed by atoms with Crippen molar-refractivity contribution in [2.45, 2.75) is 38.6 Å². The highest BCUT2D eigenvalue weighted by Gasteiger charge is 2.30. The number of pyridine rings is 1. The van der Waals surface area contributed by atoms with Gasteiger partial charge >= 0.3 is 0 Å². The Labute approximate surface area is 215 Å². The molecule has 1 aromatic carbocycles. The number of nitrogens with one attached hydrogen (secondary N) is 1. The first kappa shape index (κ1) is 23.2. The molecular weight excluding hydrogens is 472 g/mol. The molecule has 4 heterocycles. The summed E-state index contributed by atoms with van der Waals surface area (Å²) in [6, 6.07) is 14.3. The fourth-order valence-electron chi connectivity index (χ4n) is 4.94. The second-order valence-electron chi connectivity index (χ2n) is 9.78. The number of benzene rings is 1. The number of rotatable bonds is 4. The predicted molar refractivity (Wildman–Crippen MR) is 142 cm³/mol. The maximum absolute atomic E-state index is 13.9. The predicted octanol–water partition coefficient (Wildman–Crippen LogP) is 4.44. The van der Waals surface area contributed by atoms with Crippen molar-refractivity contribution >= 4 is 34.7 Å². The molecule has 0 atom stereocenters. The lowest BCUT2D eigenvalue weighted by molar-refractivity contribution is 0.0952. The molecule has 0 bridgehead atoms. The van der Waals surface area contributed by atoms with Gasteiger partial charge in [-0.2, -0.15) is 0 Å². The fourth-order valence-corrected chi connectivity index (χ4v) is 6.08. The number of carbonyl (C=O) groups excluding carboxylic acids is 2. The summed E-state index contributed by atoms with van der Waals surface area (Å²) in [5, 5.41) is 3.10. The van der Waals surface area contributed by atoms with Crippen LogP contribution in [0, 0.1) is 6.92 Å². The number of fused-ring (bicyclic) bond motifs is 3. The average Bonchev–Trinajstić information content (AvgIpc) is 3.67. The van der Waals surface area contributed by atoms with Gasteiger partial charge in [0.25, 0.3) is 11.8 Å². The summed E-state index contributed by atoms with van der Waals surface area (Å²) in [7, 11) is 0. The third-order valence-corrected chi connectivity index (χ3v) is 8.17. The monoisotopic (exact) mass is 502 g/mol. The number of carbonyl (C=O) groups is 2. The lowest BCUT2D eigenvalue weighted by Gasteiger charge is -2.25. The smallest absolute Gasteiger partial charge is 0.276 e. The van der Waals surface area contributed by atoms with Gasteiger partial charge in [0.15, 0.2) is 0 Å². The van der Waals surface area contributed by atoms with Crippen molar-refractivity contribution in [2.75, 3.05) is 42.6 Å². The normalized spacial score (nSPS) is 17.6. The lowest BCUT2D eigenvalue weighted by atomic mass is 10.1. The highest BCUT2D eigenvalue weighted by atomic mass is 32.1. The summed E-state index contributed by atoms with van der Waals surface area (Å²) >= 11 is 1.52. The molecule has 3 aliphatic rings. The Bertz CT molecular complexity index is 1310. The van der Waals surface area contributed by atoms with E-state index in [1.807, 2.05) is 54.3 Å². The Morgan fingerprint density at radius 1 is 1.08 bits per heavy atom. The first-order chi connectivity index (χ1) is 17.6. The second kappa shape index (κ2) is 9.67. The van der Waals surface area contributed by atoms with Crippen LogP contribution < -0.4 is 15.1 Å². The van der Waals surface area contributed by atoms with Crippen LogP contribution in [0.25, 0.3) is 10.4 Å². The van der Waals surface area contributed by atoms with E-state index < -0.39 is 0 Å². The maximum Gasteiger partial charge on any atom is 0.276 e. The van der Waals surface area contributed by atoms with Gasteiger partial charge in [0.2, 0.25) is 0 Å². The highest BCUT2D eigenvalue weighted by Crippen LogP contribution is 2.42.